The monoisotopic (exact) mass is 352 g/mol. The minimum Gasteiger partial charge on any atom is -0.484 e. The summed E-state index contributed by atoms with van der Waals surface area (Å²) in [4.78, 5) is 10.9. The molecule has 1 aromatic rings. The lowest BCUT2D eigenvalue weighted by atomic mass is 10.0. The minimum absolute atomic E-state index is 0.0599. The van der Waals surface area contributed by atoms with Gasteiger partial charge in [0.05, 0.1) is 0 Å². The first kappa shape index (κ1) is 21.0. The Labute approximate surface area is 152 Å². The second-order valence-corrected chi connectivity index (χ2v) is 7.11. The number of rotatable bonds is 14. The fraction of sp³-hybridized carbons (Fsp3) is 0.667. The lowest BCUT2D eigenvalue weighted by molar-refractivity contribution is -0.113. The van der Waals surface area contributed by atoms with Crippen LogP contribution in [0.1, 0.15) is 82.3 Å². The molecule has 0 saturated heterocycles. The lowest BCUT2D eigenvalue weighted by Crippen LogP contribution is -2.06. The molecule has 0 fully saturated rings. The van der Waals surface area contributed by atoms with Crippen LogP contribution in [0.4, 0.5) is 0 Å². The number of unbranched alkanes of at least 4 members (excludes halogenated alkanes) is 9. The molecule has 136 valence electrons. The van der Waals surface area contributed by atoms with Crippen molar-refractivity contribution in [1.29, 1.82) is 0 Å². The van der Waals surface area contributed by atoms with E-state index < -0.39 is 5.24 Å². The highest BCUT2D eigenvalue weighted by molar-refractivity contribution is 6.63. The molecule has 0 aliphatic heterocycles. The van der Waals surface area contributed by atoms with E-state index >= 15 is 0 Å². The van der Waals surface area contributed by atoms with Crippen LogP contribution in [0.5, 0.6) is 5.75 Å². The molecule has 24 heavy (non-hydrogen) atoms. The molecular formula is C21H33ClO2. The van der Waals surface area contributed by atoms with Crippen molar-refractivity contribution in [3.8, 4) is 5.75 Å². The van der Waals surface area contributed by atoms with Crippen LogP contribution in [0.25, 0.3) is 0 Å². The minimum atomic E-state index is -0.458. The summed E-state index contributed by atoms with van der Waals surface area (Å²) >= 11 is 5.36. The molecule has 0 bridgehead atoms. The Morgan fingerprint density at radius 2 is 1.54 bits per heavy atom. The van der Waals surface area contributed by atoms with Crippen LogP contribution in [0.3, 0.4) is 0 Å². The molecule has 0 heterocycles. The summed E-state index contributed by atoms with van der Waals surface area (Å²) in [5.74, 6) is 0.797. The van der Waals surface area contributed by atoms with Crippen molar-refractivity contribution in [2.75, 3.05) is 6.61 Å². The topological polar surface area (TPSA) is 26.3 Å². The fourth-order valence-electron chi connectivity index (χ4n) is 2.98. The molecule has 0 aromatic heterocycles. The van der Waals surface area contributed by atoms with E-state index in [1.54, 1.807) is 0 Å². The van der Waals surface area contributed by atoms with Gasteiger partial charge in [-0.3, -0.25) is 4.79 Å². The lowest BCUT2D eigenvalue weighted by Gasteiger charge is -2.11. The first-order valence-electron chi connectivity index (χ1n) is 9.54. The number of carbonyl (C=O) groups excluding carboxylic acids is 1. The highest BCUT2D eigenvalue weighted by atomic mass is 35.5. The Hall–Kier alpha value is -1.02. The summed E-state index contributed by atoms with van der Waals surface area (Å²) < 4.78 is 5.51. The van der Waals surface area contributed by atoms with Gasteiger partial charge in [-0.2, -0.15) is 0 Å². The van der Waals surface area contributed by atoms with E-state index in [0.29, 0.717) is 0 Å². The maximum absolute atomic E-state index is 10.9. The van der Waals surface area contributed by atoms with Crippen molar-refractivity contribution < 1.29 is 9.53 Å². The average molecular weight is 353 g/mol. The third-order valence-corrected chi connectivity index (χ3v) is 4.47. The Bertz CT molecular complexity index is 471. The van der Waals surface area contributed by atoms with Gasteiger partial charge in [0.1, 0.15) is 5.75 Å². The molecule has 0 aliphatic rings. The summed E-state index contributed by atoms with van der Waals surface area (Å²) in [7, 11) is 0. The molecule has 2 nitrogen and oxygen atoms in total. The second kappa shape index (κ2) is 13.3. The zero-order valence-electron chi connectivity index (χ0n) is 15.4. The molecule has 0 amide bonds. The van der Waals surface area contributed by atoms with E-state index in [-0.39, 0.29) is 6.61 Å². The van der Waals surface area contributed by atoms with Crippen LogP contribution in [0, 0.1) is 6.92 Å². The number of hydrogen-bond acceptors (Lipinski definition) is 2. The van der Waals surface area contributed by atoms with Crippen molar-refractivity contribution in [1.82, 2.24) is 0 Å². The molecule has 0 saturated carbocycles. The summed E-state index contributed by atoms with van der Waals surface area (Å²) in [6, 6.07) is 6.11. The van der Waals surface area contributed by atoms with Crippen molar-refractivity contribution in [2.24, 2.45) is 0 Å². The number of hydrogen-bond donors (Lipinski definition) is 0. The van der Waals surface area contributed by atoms with E-state index in [4.69, 9.17) is 16.3 Å². The molecule has 0 atom stereocenters. The molecule has 1 rings (SSSR count). The number of ether oxygens (including phenoxy) is 1. The summed E-state index contributed by atoms with van der Waals surface area (Å²) in [6.07, 6.45) is 14.4. The number of carbonyl (C=O) groups is 1. The van der Waals surface area contributed by atoms with E-state index in [0.717, 1.165) is 12.2 Å². The van der Waals surface area contributed by atoms with Crippen LogP contribution < -0.4 is 4.74 Å². The van der Waals surface area contributed by atoms with E-state index in [1.807, 2.05) is 12.1 Å². The van der Waals surface area contributed by atoms with Gasteiger partial charge < -0.3 is 4.74 Å². The smallest absolute Gasteiger partial charge is 0.259 e. The summed E-state index contributed by atoms with van der Waals surface area (Å²) in [5.41, 5.74) is 2.41. The largest absolute Gasteiger partial charge is 0.484 e. The highest BCUT2D eigenvalue weighted by Crippen LogP contribution is 2.23. The van der Waals surface area contributed by atoms with Gasteiger partial charge in [-0.25, -0.2) is 0 Å². The van der Waals surface area contributed by atoms with E-state index in [1.165, 1.54) is 75.3 Å². The van der Waals surface area contributed by atoms with Gasteiger partial charge in [-0.05, 0) is 43.0 Å². The second-order valence-electron chi connectivity index (χ2n) is 6.69. The molecule has 0 aliphatic carbocycles. The van der Waals surface area contributed by atoms with Crippen LogP contribution >= 0.6 is 11.6 Å². The van der Waals surface area contributed by atoms with Gasteiger partial charge in [-0.15, -0.1) is 0 Å². The Kier molecular flexibility index (Phi) is 11.6. The Morgan fingerprint density at radius 3 is 2.12 bits per heavy atom. The Morgan fingerprint density at radius 1 is 0.958 bits per heavy atom. The fourth-order valence-corrected chi connectivity index (χ4v) is 3.04. The molecule has 3 heteroatoms. The van der Waals surface area contributed by atoms with Gasteiger partial charge in [-0.1, -0.05) is 82.4 Å². The summed E-state index contributed by atoms with van der Waals surface area (Å²) in [5, 5.41) is -0.458. The van der Waals surface area contributed by atoms with Crippen molar-refractivity contribution in [2.45, 2.75) is 84.5 Å². The average Bonchev–Trinajstić information content (AvgIpc) is 2.55. The molecule has 0 spiro atoms. The molecular weight excluding hydrogens is 320 g/mol. The summed E-state index contributed by atoms with van der Waals surface area (Å²) in [6.45, 7) is 4.28. The maximum Gasteiger partial charge on any atom is 0.259 e. The van der Waals surface area contributed by atoms with Crippen molar-refractivity contribution >= 4 is 16.8 Å². The first-order chi connectivity index (χ1) is 11.6. The molecule has 0 unspecified atom stereocenters. The normalized spacial score (nSPS) is 10.8. The zero-order valence-corrected chi connectivity index (χ0v) is 16.2. The first-order valence-corrected chi connectivity index (χ1v) is 9.92. The van der Waals surface area contributed by atoms with Crippen molar-refractivity contribution in [3.05, 3.63) is 29.3 Å². The highest BCUT2D eigenvalue weighted by Gasteiger charge is 2.06. The zero-order chi connectivity index (χ0) is 17.6. The third kappa shape index (κ3) is 9.97. The van der Waals surface area contributed by atoms with Crippen LogP contribution in [0.15, 0.2) is 18.2 Å². The third-order valence-electron chi connectivity index (χ3n) is 4.36. The number of aryl methyl sites for hydroxylation is 2. The predicted molar refractivity (Wildman–Crippen MR) is 103 cm³/mol. The maximum atomic E-state index is 10.9. The van der Waals surface area contributed by atoms with Gasteiger partial charge in [0.2, 0.25) is 0 Å². The van der Waals surface area contributed by atoms with Crippen molar-refractivity contribution in [3.63, 3.8) is 0 Å². The SMILES string of the molecule is CCCCCCCCCCCCc1cc(C)ccc1OCC(=O)Cl. The molecule has 1 aromatic carbocycles. The molecule has 0 radical (unpaired) electrons. The van der Waals surface area contributed by atoms with Gasteiger partial charge >= 0.3 is 0 Å². The van der Waals surface area contributed by atoms with E-state index in [9.17, 15) is 4.79 Å². The molecule has 0 N–H and O–H groups in total. The van der Waals surface area contributed by atoms with Gasteiger partial charge in [0, 0.05) is 0 Å². The Balaban J connectivity index is 2.19. The quantitative estimate of drug-likeness (QED) is 0.278. The van der Waals surface area contributed by atoms with Crippen LogP contribution in [-0.4, -0.2) is 11.8 Å². The van der Waals surface area contributed by atoms with Crippen LogP contribution in [-0.2, 0) is 11.2 Å². The number of benzene rings is 1. The standard InChI is InChI=1S/C21H33ClO2/c1-3-4-5-6-7-8-9-10-11-12-13-19-16-18(2)14-15-20(19)24-17-21(22)23/h14-16H,3-13,17H2,1-2H3. The predicted octanol–water partition coefficient (Wildman–Crippen LogP) is 6.60. The van der Waals surface area contributed by atoms with E-state index in [2.05, 4.69) is 19.9 Å². The van der Waals surface area contributed by atoms with Crippen LogP contribution in [0.2, 0.25) is 0 Å². The number of halogens is 1. The van der Waals surface area contributed by atoms with Gasteiger partial charge in [0.25, 0.3) is 5.24 Å². The van der Waals surface area contributed by atoms with Gasteiger partial charge in [0.15, 0.2) is 6.61 Å².